The molecule has 1 aliphatic rings. The van der Waals surface area contributed by atoms with Crippen LogP contribution in [0.2, 0.25) is 0 Å². The Morgan fingerprint density at radius 3 is 2.23 bits per heavy atom. The van der Waals surface area contributed by atoms with Crippen LogP contribution in [0.5, 0.6) is 17.2 Å². The fourth-order valence-electron chi connectivity index (χ4n) is 3.03. The first kappa shape index (κ1) is 19.7. The second-order valence-corrected chi connectivity index (χ2v) is 7.11. The summed E-state index contributed by atoms with van der Waals surface area (Å²) >= 11 is 1.48. The number of methoxy groups -OCH3 is 3. The molecule has 1 aromatic heterocycles. The van der Waals surface area contributed by atoms with E-state index in [2.05, 4.69) is 15.3 Å². The van der Waals surface area contributed by atoms with Gasteiger partial charge in [-0.3, -0.25) is 10.1 Å². The van der Waals surface area contributed by atoms with Crippen molar-refractivity contribution in [1.82, 2.24) is 14.9 Å². The van der Waals surface area contributed by atoms with Gasteiger partial charge in [-0.25, -0.2) is 0 Å². The molecule has 0 aliphatic carbocycles. The number of aromatic nitrogens is 3. The highest BCUT2D eigenvalue weighted by Crippen LogP contribution is 2.41. The lowest BCUT2D eigenvalue weighted by Crippen LogP contribution is -2.13. The van der Waals surface area contributed by atoms with Crippen molar-refractivity contribution in [2.75, 3.05) is 27.1 Å². The first-order valence-electron chi connectivity index (χ1n) is 8.77. The molecule has 2 heterocycles. The summed E-state index contributed by atoms with van der Waals surface area (Å²) in [5, 5.41) is 24.7. The molecule has 1 aliphatic heterocycles. The molecule has 0 fully saturated rings. The minimum atomic E-state index is -0.429. The number of non-ortho nitro benzene ring substituents is 1. The maximum atomic E-state index is 10.9. The molecule has 0 N–H and O–H groups in total. The average Bonchev–Trinajstić information content (AvgIpc) is 3.21. The molecule has 0 saturated carbocycles. The molecule has 0 atom stereocenters. The lowest BCUT2D eigenvalue weighted by Gasteiger charge is -2.16. The van der Waals surface area contributed by atoms with Crippen LogP contribution in [0.4, 0.5) is 5.69 Å². The second kappa shape index (κ2) is 8.03. The van der Waals surface area contributed by atoms with Crippen LogP contribution < -0.4 is 14.2 Å². The van der Waals surface area contributed by atoms with Crippen LogP contribution >= 0.6 is 11.8 Å². The van der Waals surface area contributed by atoms with Gasteiger partial charge in [-0.1, -0.05) is 11.8 Å². The van der Waals surface area contributed by atoms with E-state index in [1.54, 1.807) is 43.2 Å². The zero-order chi connectivity index (χ0) is 21.3. The Bertz CT molecular complexity index is 1120. The van der Waals surface area contributed by atoms with Crippen molar-refractivity contribution in [2.45, 2.75) is 5.16 Å². The molecule has 0 bridgehead atoms. The summed E-state index contributed by atoms with van der Waals surface area (Å²) in [7, 11) is 4.62. The highest BCUT2D eigenvalue weighted by atomic mass is 32.2. The monoisotopic (exact) mass is 427 g/mol. The van der Waals surface area contributed by atoms with Gasteiger partial charge in [0.1, 0.15) is 0 Å². The molecule has 0 saturated heterocycles. The maximum absolute atomic E-state index is 10.9. The van der Waals surface area contributed by atoms with Crippen LogP contribution in [0.25, 0.3) is 11.4 Å². The van der Waals surface area contributed by atoms with Crippen LogP contribution in [0.15, 0.2) is 46.7 Å². The lowest BCUT2D eigenvalue weighted by atomic mass is 10.1. The first-order chi connectivity index (χ1) is 14.5. The van der Waals surface area contributed by atoms with Gasteiger partial charge in [-0.2, -0.15) is 9.78 Å². The van der Waals surface area contributed by atoms with Gasteiger partial charge in [-0.15, -0.1) is 10.2 Å². The number of hydrogen-bond donors (Lipinski definition) is 0. The zero-order valence-corrected chi connectivity index (χ0v) is 17.2. The summed E-state index contributed by atoms with van der Waals surface area (Å²) in [4.78, 5) is 10.5. The number of thioether (sulfide) groups is 1. The van der Waals surface area contributed by atoms with Crippen LogP contribution in [-0.4, -0.2) is 52.6 Å². The van der Waals surface area contributed by atoms with Crippen molar-refractivity contribution in [1.29, 1.82) is 0 Å². The number of nitro groups is 1. The molecule has 154 valence electrons. The van der Waals surface area contributed by atoms with Gasteiger partial charge >= 0.3 is 0 Å². The van der Waals surface area contributed by atoms with E-state index in [9.17, 15) is 10.1 Å². The van der Waals surface area contributed by atoms with Gasteiger partial charge in [-0.05, 0) is 29.8 Å². The lowest BCUT2D eigenvalue weighted by molar-refractivity contribution is -0.384. The van der Waals surface area contributed by atoms with Crippen LogP contribution in [0.3, 0.4) is 0 Å². The van der Waals surface area contributed by atoms with E-state index in [1.165, 1.54) is 31.0 Å². The molecule has 10 nitrogen and oxygen atoms in total. The largest absolute Gasteiger partial charge is 0.493 e. The Morgan fingerprint density at radius 1 is 1.00 bits per heavy atom. The molecule has 3 aromatic rings. The SMILES string of the molecule is COc1cc(-c2nnc3n2N=C(c2ccc([N+](=O)[O-])cc2)CS3)cc(OC)c1OC. The Balaban J connectivity index is 1.77. The fourth-order valence-corrected chi connectivity index (χ4v) is 3.87. The van der Waals surface area contributed by atoms with E-state index in [0.717, 1.165) is 11.3 Å². The van der Waals surface area contributed by atoms with Crippen LogP contribution in [-0.2, 0) is 0 Å². The molecule has 2 aromatic carbocycles. The summed E-state index contributed by atoms with van der Waals surface area (Å²) in [6.45, 7) is 0. The number of hydrogen-bond acceptors (Lipinski definition) is 9. The minimum absolute atomic E-state index is 0.0333. The topological polar surface area (TPSA) is 114 Å². The molecule has 4 rings (SSSR count). The van der Waals surface area contributed by atoms with Crippen molar-refractivity contribution in [3.05, 3.63) is 52.1 Å². The van der Waals surface area contributed by atoms with E-state index in [4.69, 9.17) is 14.2 Å². The first-order valence-corrected chi connectivity index (χ1v) is 9.75. The van der Waals surface area contributed by atoms with E-state index in [-0.39, 0.29) is 5.69 Å². The van der Waals surface area contributed by atoms with Gasteiger partial charge < -0.3 is 14.2 Å². The third kappa shape index (κ3) is 3.43. The summed E-state index contributed by atoms with van der Waals surface area (Å²) in [6, 6.07) is 9.85. The zero-order valence-electron chi connectivity index (χ0n) is 16.4. The molecule has 0 radical (unpaired) electrons. The molecule has 0 unspecified atom stereocenters. The van der Waals surface area contributed by atoms with Crippen molar-refractivity contribution in [2.24, 2.45) is 5.10 Å². The number of fused-ring (bicyclic) bond motifs is 1. The smallest absolute Gasteiger partial charge is 0.269 e. The molecule has 11 heteroatoms. The van der Waals surface area contributed by atoms with E-state index in [0.29, 0.717) is 39.5 Å². The van der Waals surface area contributed by atoms with Gasteiger partial charge in [0.05, 0.1) is 32.0 Å². The number of benzene rings is 2. The Morgan fingerprint density at radius 2 is 1.67 bits per heavy atom. The third-order valence-electron chi connectivity index (χ3n) is 4.51. The quantitative estimate of drug-likeness (QED) is 0.435. The Kier molecular flexibility index (Phi) is 5.27. The second-order valence-electron chi connectivity index (χ2n) is 6.17. The normalized spacial score (nSPS) is 12.7. The number of ether oxygens (including phenoxy) is 3. The highest BCUT2D eigenvalue weighted by molar-refractivity contribution is 7.99. The molecule has 30 heavy (non-hydrogen) atoms. The maximum Gasteiger partial charge on any atom is 0.269 e. The van der Waals surface area contributed by atoms with E-state index < -0.39 is 4.92 Å². The van der Waals surface area contributed by atoms with Crippen molar-refractivity contribution >= 4 is 23.2 Å². The summed E-state index contributed by atoms with van der Waals surface area (Å²) in [5.74, 6) is 2.55. The van der Waals surface area contributed by atoms with E-state index >= 15 is 0 Å². The summed E-state index contributed by atoms with van der Waals surface area (Å²) in [5.41, 5.74) is 2.28. The standard InChI is InChI=1S/C19H17N5O5S/c1-27-15-8-12(9-16(28-2)17(15)29-3)18-20-21-19-23(18)22-14(10-30-19)11-4-6-13(7-5-11)24(25)26/h4-9H,10H2,1-3H3. The van der Waals surface area contributed by atoms with Crippen molar-refractivity contribution in [3.63, 3.8) is 0 Å². The van der Waals surface area contributed by atoms with E-state index in [1.807, 2.05) is 0 Å². The average molecular weight is 427 g/mol. The third-order valence-corrected chi connectivity index (χ3v) is 5.44. The van der Waals surface area contributed by atoms with Gasteiger partial charge in [0.2, 0.25) is 10.9 Å². The molecule has 0 spiro atoms. The number of nitro benzene ring substituents is 1. The van der Waals surface area contributed by atoms with Gasteiger partial charge in [0.15, 0.2) is 17.3 Å². The van der Waals surface area contributed by atoms with Gasteiger partial charge in [0, 0.05) is 23.4 Å². The fraction of sp³-hybridized carbons (Fsp3) is 0.211. The Labute approximate surface area is 175 Å². The van der Waals surface area contributed by atoms with Crippen LogP contribution in [0, 0.1) is 10.1 Å². The minimum Gasteiger partial charge on any atom is -0.493 e. The summed E-state index contributed by atoms with van der Waals surface area (Å²) in [6.07, 6.45) is 0. The molecular formula is C19H17N5O5S. The Hall–Kier alpha value is -3.60. The number of nitrogens with zero attached hydrogens (tertiary/aromatic N) is 5. The predicted molar refractivity (Wildman–Crippen MR) is 111 cm³/mol. The van der Waals surface area contributed by atoms with Crippen LogP contribution in [0.1, 0.15) is 5.56 Å². The van der Waals surface area contributed by atoms with Crippen molar-refractivity contribution in [3.8, 4) is 28.6 Å². The summed E-state index contributed by atoms with van der Waals surface area (Å²) < 4.78 is 17.9. The molecular weight excluding hydrogens is 410 g/mol. The van der Waals surface area contributed by atoms with Gasteiger partial charge in [0.25, 0.3) is 5.69 Å². The highest BCUT2D eigenvalue weighted by Gasteiger charge is 2.23. The van der Waals surface area contributed by atoms with Crippen molar-refractivity contribution < 1.29 is 19.1 Å². The number of rotatable bonds is 6. The molecule has 0 amide bonds. The predicted octanol–water partition coefficient (Wildman–Crippen LogP) is 3.24.